The zero-order chi connectivity index (χ0) is 23.3. The Balaban J connectivity index is 2.13. The predicted molar refractivity (Wildman–Crippen MR) is 128 cm³/mol. The third-order valence-electron chi connectivity index (χ3n) is 5.09. The number of amides is 1. The minimum Gasteiger partial charge on any atom is -0.404 e. The predicted octanol–water partition coefficient (Wildman–Crippen LogP) is 2.04. The summed E-state index contributed by atoms with van der Waals surface area (Å²) in [4.78, 5) is 18.9. The molecular formula is C23H26N8O. The van der Waals surface area contributed by atoms with Crippen LogP contribution in [0.5, 0.6) is 0 Å². The highest BCUT2D eigenvalue weighted by Crippen LogP contribution is 2.39. The smallest absolute Gasteiger partial charge is 0.239 e. The lowest BCUT2D eigenvalue weighted by Gasteiger charge is -2.30. The van der Waals surface area contributed by atoms with Gasteiger partial charge >= 0.3 is 0 Å². The van der Waals surface area contributed by atoms with Gasteiger partial charge in [0.15, 0.2) is 0 Å². The Morgan fingerprint density at radius 3 is 2.59 bits per heavy atom. The van der Waals surface area contributed by atoms with Crippen molar-refractivity contribution in [3.8, 4) is 6.07 Å². The quantitative estimate of drug-likeness (QED) is 0.513. The van der Waals surface area contributed by atoms with Crippen molar-refractivity contribution in [1.29, 1.82) is 10.7 Å². The van der Waals surface area contributed by atoms with Crippen LogP contribution in [0.3, 0.4) is 0 Å². The number of nitriles is 1. The van der Waals surface area contributed by atoms with Gasteiger partial charge in [-0.3, -0.25) is 15.2 Å². The number of fused-ring (bicyclic) bond motifs is 1. The topological polar surface area (TPSA) is 162 Å². The molecule has 0 radical (unpaired) electrons. The number of rotatable bonds is 6. The first kappa shape index (κ1) is 22.5. The maximum absolute atomic E-state index is 11.0. The summed E-state index contributed by atoms with van der Waals surface area (Å²) in [6.07, 6.45) is 3.03. The van der Waals surface area contributed by atoms with Crippen molar-refractivity contribution in [3.63, 3.8) is 0 Å². The molecule has 9 nitrogen and oxygen atoms in total. The molecule has 164 valence electrons. The van der Waals surface area contributed by atoms with Crippen molar-refractivity contribution in [2.45, 2.75) is 19.5 Å². The molecule has 1 atom stereocenters. The number of hydrogen-bond acceptors (Lipinski definition) is 7. The third kappa shape index (κ3) is 4.77. The molecular weight excluding hydrogens is 404 g/mol. The number of primary amides is 1. The molecule has 0 saturated heterocycles. The van der Waals surface area contributed by atoms with Crippen LogP contribution < -0.4 is 27.0 Å². The highest BCUT2D eigenvalue weighted by Gasteiger charge is 2.27. The van der Waals surface area contributed by atoms with Gasteiger partial charge in [-0.05, 0) is 48.9 Å². The lowest BCUT2D eigenvalue weighted by atomic mass is 10.0. The van der Waals surface area contributed by atoms with Crippen molar-refractivity contribution >= 4 is 40.6 Å². The van der Waals surface area contributed by atoms with Gasteiger partial charge in [-0.1, -0.05) is 6.07 Å². The van der Waals surface area contributed by atoms with Crippen molar-refractivity contribution in [2.24, 2.45) is 22.2 Å². The molecule has 0 aromatic heterocycles. The molecule has 9 heteroatoms. The molecule has 7 N–H and O–H groups in total. The first-order valence-electron chi connectivity index (χ1n) is 10.1. The van der Waals surface area contributed by atoms with Crippen molar-refractivity contribution in [3.05, 3.63) is 59.8 Å². The zero-order valence-corrected chi connectivity index (χ0v) is 17.8. The SMILES string of the molecule is CC(N)N1C(=N)CCN(c2ccc(C#N)cc2)c2cc(C(C=NCC(N)=O)=CN)ccc21. The number of carbonyl (C=O) groups excluding carboxylic acids is 1. The molecule has 32 heavy (non-hydrogen) atoms. The van der Waals surface area contributed by atoms with Crippen LogP contribution in [-0.2, 0) is 4.79 Å². The Hall–Kier alpha value is -4.16. The molecule has 1 unspecified atom stereocenters. The number of benzene rings is 2. The van der Waals surface area contributed by atoms with Crippen LogP contribution >= 0.6 is 0 Å². The largest absolute Gasteiger partial charge is 0.404 e. The van der Waals surface area contributed by atoms with E-state index in [1.54, 1.807) is 17.0 Å². The van der Waals surface area contributed by atoms with Gasteiger partial charge < -0.3 is 27.0 Å². The van der Waals surface area contributed by atoms with Gasteiger partial charge in [0.1, 0.15) is 12.4 Å². The third-order valence-corrected chi connectivity index (χ3v) is 5.09. The van der Waals surface area contributed by atoms with Gasteiger partial charge in [0.2, 0.25) is 5.91 Å². The van der Waals surface area contributed by atoms with Crippen LogP contribution in [0, 0.1) is 16.7 Å². The van der Waals surface area contributed by atoms with Crippen LogP contribution in [-0.4, -0.2) is 37.2 Å². The Labute approximate surface area is 186 Å². The molecule has 0 aliphatic carbocycles. The molecule has 0 spiro atoms. The summed E-state index contributed by atoms with van der Waals surface area (Å²) >= 11 is 0. The summed E-state index contributed by atoms with van der Waals surface area (Å²) in [5.41, 5.74) is 21.7. The molecule has 2 aromatic carbocycles. The number of aliphatic imine (C=N–C) groups is 1. The van der Waals surface area contributed by atoms with E-state index in [9.17, 15) is 4.79 Å². The summed E-state index contributed by atoms with van der Waals surface area (Å²) in [6, 6.07) is 15.2. The highest BCUT2D eigenvalue weighted by atomic mass is 16.1. The number of anilines is 3. The van der Waals surface area contributed by atoms with E-state index < -0.39 is 12.1 Å². The number of nitrogens with one attached hydrogen (secondary N) is 1. The van der Waals surface area contributed by atoms with Gasteiger partial charge in [-0.25, -0.2) is 0 Å². The van der Waals surface area contributed by atoms with Gasteiger partial charge in [-0.2, -0.15) is 5.26 Å². The Bertz CT molecular complexity index is 1110. The first-order valence-corrected chi connectivity index (χ1v) is 10.1. The Morgan fingerprint density at radius 2 is 2.00 bits per heavy atom. The summed E-state index contributed by atoms with van der Waals surface area (Å²) in [5, 5.41) is 17.7. The number of hydrogen-bond donors (Lipinski definition) is 4. The van der Waals surface area contributed by atoms with E-state index in [0.717, 1.165) is 22.6 Å². The van der Waals surface area contributed by atoms with Crippen LogP contribution in [0.2, 0.25) is 0 Å². The summed E-state index contributed by atoms with van der Waals surface area (Å²) in [5.74, 6) is -0.111. The number of carbonyl (C=O) groups is 1. The fourth-order valence-electron chi connectivity index (χ4n) is 3.62. The number of nitrogens with two attached hydrogens (primary N) is 3. The van der Waals surface area contributed by atoms with Gasteiger partial charge in [0.05, 0.1) is 29.2 Å². The molecule has 1 aliphatic heterocycles. The van der Waals surface area contributed by atoms with E-state index in [2.05, 4.69) is 16.0 Å². The van der Waals surface area contributed by atoms with Crippen LogP contribution in [0.15, 0.2) is 53.7 Å². The van der Waals surface area contributed by atoms with Crippen LogP contribution in [0.4, 0.5) is 17.1 Å². The normalized spacial score (nSPS) is 15.3. The molecule has 0 bridgehead atoms. The second-order valence-corrected chi connectivity index (χ2v) is 7.38. The lowest BCUT2D eigenvalue weighted by molar-refractivity contribution is -0.116. The maximum Gasteiger partial charge on any atom is 0.239 e. The lowest BCUT2D eigenvalue weighted by Crippen LogP contribution is -2.43. The molecule has 0 fully saturated rings. The summed E-state index contributed by atoms with van der Waals surface area (Å²) < 4.78 is 0. The Morgan fingerprint density at radius 1 is 1.28 bits per heavy atom. The van der Waals surface area contributed by atoms with Gasteiger partial charge in [-0.15, -0.1) is 0 Å². The van der Waals surface area contributed by atoms with E-state index in [-0.39, 0.29) is 6.54 Å². The van der Waals surface area contributed by atoms with Crippen LogP contribution in [0.1, 0.15) is 24.5 Å². The number of allylic oxidation sites excluding steroid dienone is 1. The monoisotopic (exact) mass is 430 g/mol. The van der Waals surface area contributed by atoms with Crippen LogP contribution in [0.25, 0.3) is 5.57 Å². The first-order chi connectivity index (χ1) is 15.3. The van der Waals surface area contributed by atoms with Crippen molar-refractivity contribution in [2.75, 3.05) is 22.9 Å². The maximum atomic E-state index is 11.0. The van der Waals surface area contributed by atoms with Crippen molar-refractivity contribution in [1.82, 2.24) is 0 Å². The summed E-state index contributed by atoms with van der Waals surface area (Å²) in [7, 11) is 0. The van der Waals surface area contributed by atoms with Crippen molar-refractivity contribution < 1.29 is 4.79 Å². The van der Waals surface area contributed by atoms with E-state index in [0.29, 0.717) is 29.9 Å². The standard InChI is InChI=1S/C23H26N8O/c1-15(26)31-20-7-4-17(18(12-25)13-29-14-23(28)32)10-21(20)30(9-8-22(31)27)19-5-2-16(11-24)3-6-19/h2-7,10,12-13,15,27H,8-9,14,25-26H2,1H3,(H2,28,32). The summed E-state index contributed by atoms with van der Waals surface area (Å²) in [6.45, 7) is 2.27. The van der Waals surface area contributed by atoms with E-state index in [1.165, 1.54) is 12.4 Å². The van der Waals surface area contributed by atoms with Gasteiger partial charge in [0, 0.05) is 36.6 Å². The molecule has 2 aromatic rings. The van der Waals surface area contributed by atoms with Gasteiger partial charge in [0.25, 0.3) is 0 Å². The van der Waals surface area contributed by atoms with E-state index in [4.69, 9.17) is 27.9 Å². The second-order valence-electron chi connectivity index (χ2n) is 7.38. The fraction of sp³-hybridized carbons (Fsp3) is 0.217. The number of amidine groups is 1. The highest BCUT2D eigenvalue weighted by molar-refractivity contribution is 6.11. The average Bonchev–Trinajstić information content (AvgIpc) is 2.92. The second kappa shape index (κ2) is 9.76. The minimum atomic E-state index is -0.530. The Kier molecular flexibility index (Phi) is 6.87. The number of nitrogens with zero attached hydrogens (tertiary/aromatic N) is 4. The van der Waals surface area contributed by atoms with E-state index in [1.807, 2.05) is 37.3 Å². The zero-order valence-electron chi connectivity index (χ0n) is 17.8. The van der Waals surface area contributed by atoms with E-state index >= 15 is 0 Å². The molecule has 1 heterocycles. The fourth-order valence-corrected chi connectivity index (χ4v) is 3.62. The minimum absolute atomic E-state index is 0.130. The molecule has 3 rings (SSSR count). The molecule has 1 aliphatic rings. The molecule has 1 amide bonds. The average molecular weight is 431 g/mol. The molecule has 0 saturated carbocycles.